The SMILES string of the molecule is Cc1c(NN)nc(C(C)C)nc1NCC(C)(C)C(C)C. The molecule has 0 amide bonds. The molecule has 5 heteroatoms. The number of hydrogen-bond acceptors (Lipinski definition) is 5. The largest absolute Gasteiger partial charge is 0.369 e. The van der Waals surface area contributed by atoms with Crippen molar-refractivity contribution in [3.8, 4) is 0 Å². The molecule has 0 aliphatic carbocycles. The van der Waals surface area contributed by atoms with Crippen LogP contribution >= 0.6 is 0 Å². The lowest BCUT2D eigenvalue weighted by Gasteiger charge is -2.30. The highest BCUT2D eigenvalue weighted by Crippen LogP contribution is 2.28. The van der Waals surface area contributed by atoms with Gasteiger partial charge in [-0.05, 0) is 18.3 Å². The van der Waals surface area contributed by atoms with Gasteiger partial charge >= 0.3 is 0 Å². The van der Waals surface area contributed by atoms with Crippen LogP contribution in [0.25, 0.3) is 0 Å². The van der Waals surface area contributed by atoms with Gasteiger partial charge in [-0.15, -0.1) is 0 Å². The van der Waals surface area contributed by atoms with E-state index in [1.807, 2.05) is 6.92 Å². The fourth-order valence-electron chi connectivity index (χ4n) is 1.62. The number of nitrogens with zero attached hydrogens (tertiary/aromatic N) is 2. The Bertz CT molecular complexity index is 452. The maximum Gasteiger partial charge on any atom is 0.148 e. The maximum atomic E-state index is 5.55. The third-order valence-electron chi connectivity index (χ3n) is 4.09. The lowest BCUT2D eigenvalue weighted by Crippen LogP contribution is -2.29. The summed E-state index contributed by atoms with van der Waals surface area (Å²) in [6.45, 7) is 16.0. The Hall–Kier alpha value is -1.36. The van der Waals surface area contributed by atoms with Gasteiger partial charge in [0.2, 0.25) is 0 Å². The molecule has 1 aromatic rings. The Morgan fingerprint density at radius 1 is 1.10 bits per heavy atom. The molecule has 0 atom stereocenters. The van der Waals surface area contributed by atoms with Gasteiger partial charge in [0.15, 0.2) is 0 Å². The van der Waals surface area contributed by atoms with Crippen molar-refractivity contribution in [2.24, 2.45) is 17.2 Å². The molecule has 1 heterocycles. The average Bonchev–Trinajstić information content (AvgIpc) is 2.37. The first kappa shape index (κ1) is 16.7. The van der Waals surface area contributed by atoms with Gasteiger partial charge in [0.1, 0.15) is 17.5 Å². The molecule has 0 bridgehead atoms. The third-order valence-corrected chi connectivity index (χ3v) is 4.09. The highest BCUT2D eigenvalue weighted by molar-refractivity contribution is 5.57. The monoisotopic (exact) mass is 279 g/mol. The second-order valence-electron chi connectivity index (χ2n) is 6.70. The molecule has 0 aliphatic rings. The number of nitrogens with one attached hydrogen (secondary N) is 2. The number of nitrogens with two attached hydrogens (primary N) is 1. The van der Waals surface area contributed by atoms with Gasteiger partial charge in [0.05, 0.1) is 0 Å². The molecular weight excluding hydrogens is 250 g/mol. The minimum atomic E-state index is 0.200. The summed E-state index contributed by atoms with van der Waals surface area (Å²) in [5.41, 5.74) is 3.81. The van der Waals surface area contributed by atoms with Crippen molar-refractivity contribution in [1.29, 1.82) is 0 Å². The van der Waals surface area contributed by atoms with Crippen LogP contribution in [0.15, 0.2) is 0 Å². The van der Waals surface area contributed by atoms with E-state index in [2.05, 4.69) is 62.3 Å². The van der Waals surface area contributed by atoms with E-state index in [-0.39, 0.29) is 11.3 Å². The molecule has 0 aromatic carbocycles. The molecule has 0 saturated carbocycles. The van der Waals surface area contributed by atoms with Gasteiger partial charge in [0, 0.05) is 18.0 Å². The normalized spacial score (nSPS) is 12.1. The summed E-state index contributed by atoms with van der Waals surface area (Å²) in [5.74, 6) is 8.76. The van der Waals surface area contributed by atoms with Crippen molar-refractivity contribution in [3.05, 3.63) is 11.4 Å². The molecule has 1 rings (SSSR count). The van der Waals surface area contributed by atoms with Crippen molar-refractivity contribution in [2.45, 2.75) is 54.4 Å². The molecule has 0 saturated heterocycles. The molecular formula is C15H29N5. The van der Waals surface area contributed by atoms with Gasteiger partial charge in [-0.3, -0.25) is 0 Å². The molecule has 4 N–H and O–H groups in total. The molecule has 0 aliphatic heterocycles. The second-order valence-corrected chi connectivity index (χ2v) is 6.70. The smallest absolute Gasteiger partial charge is 0.148 e. The number of nitrogen functional groups attached to an aromatic ring is 1. The quantitative estimate of drug-likeness (QED) is 0.550. The standard InChI is InChI=1S/C15H29N5/c1-9(2)12-18-13(11(5)14(19-12)20-16)17-8-15(6,7)10(3)4/h9-10H,8,16H2,1-7H3,(H2,17,18,19,20). The van der Waals surface area contributed by atoms with Crippen LogP contribution in [0, 0.1) is 18.3 Å². The lowest BCUT2D eigenvalue weighted by molar-refractivity contribution is 0.269. The number of hydrogen-bond donors (Lipinski definition) is 3. The summed E-state index contributed by atoms with van der Waals surface area (Å²) in [4.78, 5) is 9.07. The number of hydrazine groups is 1. The number of rotatable bonds is 6. The molecule has 0 fully saturated rings. The molecule has 5 nitrogen and oxygen atoms in total. The van der Waals surface area contributed by atoms with E-state index in [1.165, 1.54) is 0 Å². The molecule has 20 heavy (non-hydrogen) atoms. The van der Waals surface area contributed by atoms with E-state index in [4.69, 9.17) is 5.84 Å². The van der Waals surface area contributed by atoms with Gasteiger partial charge in [-0.25, -0.2) is 15.8 Å². The van der Waals surface area contributed by atoms with Gasteiger partial charge < -0.3 is 10.7 Å². The maximum absolute atomic E-state index is 5.55. The number of anilines is 2. The zero-order chi connectivity index (χ0) is 15.5. The van der Waals surface area contributed by atoms with E-state index < -0.39 is 0 Å². The van der Waals surface area contributed by atoms with E-state index in [1.54, 1.807) is 0 Å². The van der Waals surface area contributed by atoms with Crippen LogP contribution in [0.4, 0.5) is 11.6 Å². The lowest BCUT2D eigenvalue weighted by atomic mass is 9.81. The Morgan fingerprint density at radius 3 is 2.10 bits per heavy atom. The predicted molar refractivity (Wildman–Crippen MR) is 85.8 cm³/mol. The van der Waals surface area contributed by atoms with Crippen LogP contribution in [-0.2, 0) is 0 Å². The highest BCUT2D eigenvalue weighted by Gasteiger charge is 2.23. The summed E-state index contributed by atoms with van der Waals surface area (Å²) in [6.07, 6.45) is 0. The first-order chi connectivity index (χ1) is 9.19. The summed E-state index contributed by atoms with van der Waals surface area (Å²) < 4.78 is 0. The second kappa shape index (κ2) is 6.39. The highest BCUT2D eigenvalue weighted by atomic mass is 15.3. The first-order valence-electron chi connectivity index (χ1n) is 7.28. The Balaban J connectivity index is 3.02. The minimum absolute atomic E-state index is 0.200. The summed E-state index contributed by atoms with van der Waals surface area (Å²) >= 11 is 0. The minimum Gasteiger partial charge on any atom is -0.369 e. The fourth-order valence-corrected chi connectivity index (χ4v) is 1.62. The van der Waals surface area contributed by atoms with E-state index in [0.29, 0.717) is 11.7 Å². The molecule has 0 radical (unpaired) electrons. The van der Waals surface area contributed by atoms with Crippen LogP contribution in [0.1, 0.15) is 58.8 Å². The summed E-state index contributed by atoms with van der Waals surface area (Å²) in [5, 5.41) is 3.46. The summed E-state index contributed by atoms with van der Waals surface area (Å²) in [7, 11) is 0. The Morgan fingerprint density at radius 2 is 1.65 bits per heavy atom. The molecule has 0 unspecified atom stereocenters. The number of aromatic nitrogens is 2. The van der Waals surface area contributed by atoms with Crippen LogP contribution in [0.2, 0.25) is 0 Å². The Kier molecular flexibility index (Phi) is 5.34. The van der Waals surface area contributed by atoms with Crippen molar-refractivity contribution < 1.29 is 0 Å². The van der Waals surface area contributed by atoms with Crippen molar-refractivity contribution in [3.63, 3.8) is 0 Å². The predicted octanol–water partition coefficient (Wildman–Crippen LogP) is 3.29. The topological polar surface area (TPSA) is 75.9 Å². The molecule has 1 aromatic heterocycles. The van der Waals surface area contributed by atoms with E-state index in [9.17, 15) is 0 Å². The fraction of sp³-hybridized carbons (Fsp3) is 0.733. The van der Waals surface area contributed by atoms with Crippen LogP contribution in [0.5, 0.6) is 0 Å². The third kappa shape index (κ3) is 3.82. The van der Waals surface area contributed by atoms with Gasteiger partial charge in [0.25, 0.3) is 0 Å². The molecule has 0 spiro atoms. The van der Waals surface area contributed by atoms with Crippen LogP contribution in [-0.4, -0.2) is 16.5 Å². The summed E-state index contributed by atoms with van der Waals surface area (Å²) in [6, 6.07) is 0. The van der Waals surface area contributed by atoms with Gasteiger partial charge in [-0.2, -0.15) is 0 Å². The van der Waals surface area contributed by atoms with Crippen molar-refractivity contribution in [1.82, 2.24) is 9.97 Å². The first-order valence-corrected chi connectivity index (χ1v) is 7.28. The molecule has 114 valence electrons. The van der Waals surface area contributed by atoms with Crippen LogP contribution in [0.3, 0.4) is 0 Å². The van der Waals surface area contributed by atoms with Gasteiger partial charge in [-0.1, -0.05) is 41.5 Å². The zero-order valence-electron chi connectivity index (χ0n) is 13.8. The Labute approximate surface area is 122 Å². The van der Waals surface area contributed by atoms with Crippen molar-refractivity contribution >= 4 is 11.6 Å². The van der Waals surface area contributed by atoms with Crippen molar-refractivity contribution in [2.75, 3.05) is 17.3 Å². The van der Waals surface area contributed by atoms with E-state index >= 15 is 0 Å². The average molecular weight is 279 g/mol. The van der Waals surface area contributed by atoms with E-state index in [0.717, 1.165) is 23.8 Å². The van der Waals surface area contributed by atoms with Crippen LogP contribution < -0.4 is 16.6 Å². The zero-order valence-corrected chi connectivity index (χ0v) is 13.8.